The van der Waals surface area contributed by atoms with Crippen molar-refractivity contribution < 1.29 is 13.2 Å². The molecule has 0 aromatic rings. The lowest BCUT2D eigenvalue weighted by atomic mass is 10.2. The topological polar surface area (TPSA) is 66.5 Å². The normalized spacial score (nSPS) is 32.3. The molecule has 0 aliphatic carbocycles. The van der Waals surface area contributed by atoms with E-state index in [4.69, 9.17) is 0 Å². The predicted molar refractivity (Wildman–Crippen MR) is 56.4 cm³/mol. The summed E-state index contributed by atoms with van der Waals surface area (Å²) in [6.45, 7) is 4.15. The second-order valence-electron chi connectivity index (χ2n) is 4.60. The molecular weight excluding hydrogens is 216 g/mol. The molecule has 0 spiro atoms. The van der Waals surface area contributed by atoms with E-state index < -0.39 is 9.84 Å². The second-order valence-corrected chi connectivity index (χ2v) is 6.92. The van der Waals surface area contributed by atoms with Gasteiger partial charge >= 0.3 is 6.03 Å². The van der Waals surface area contributed by atoms with Gasteiger partial charge < -0.3 is 10.2 Å². The van der Waals surface area contributed by atoms with Crippen molar-refractivity contribution >= 4 is 15.9 Å². The first-order valence-corrected chi connectivity index (χ1v) is 6.90. The minimum atomic E-state index is -2.90. The molecule has 0 saturated carbocycles. The van der Waals surface area contributed by atoms with Crippen molar-refractivity contribution in [3.8, 4) is 0 Å². The summed E-state index contributed by atoms with van der Waals surface area (Å²) in [5.41, 5.74) is 0. The maximum absolute atomic E-state index is 11.7. The van der Waals surface area contributed by atoms with Gasteiger partial charge in [0.1, 0.15) is 0 Å². The summed E-state index contributed by atoms with van der Waals surface area (Å²) >= 11 is 0. The molecule has 15 heavy (non-hydrogen) atoms. The number of carbonyl (C=O) groups is 1. The van der Waals surface area contributed by atoms with E-state index in [1.54, 1.807) is 4.90 Å². The molecule has 0 aromatic carbocycles. The van der Waals surface area contributed by atoms with Crippen LogP contribution >= 0.6 is 0 Å². The number of hydrogen-bond donors (Lipinski definition) is 1. The second kappa shape index (κ2) is 3.37. The van der Waals surface area contributed by atoms with Crippen molar-refractivity contribution in [3.05, 3.63) is 0 Å². The highest BCUT2D eigenvalue weighted by atomic mass is 32.2. The Balaban J connectivity index is 2.03. The Morgan fingerprint density at radius 3 is 2.53 bits per heavy atom. The zero-order valence-electron chi connectivity index (χ0n) is 8.93. The summed E-state index contributed by atoms with van der Waals surface area (Å²) in [5.74, 6) is 0.142. The Morgan fingerprint density at radius 2 is 2.13 bits per heavy atom. The van der Waals surface area contributed by atoms with Gasteiger partial charge in [0.05, 0.1) is 11.0 Å². The van der Waals surface area contributed by atoms with Crippen molar-refractivity contribution in [3.63, 3.8) is 0 Å². The van der Waals surface area contributed by atoms with Crippen molar-refractivity contribution in [1.82, 2.24) is 10.2 Å². The van der Waals surface area contributed by atoms with E-state index in [0.717, 1.165) is 0 Å². The Kier molecular flexibility index (Phi) is 2.41. The van der Waals surface area contributed by atoms with Gasteiger partial charge in [-0.1, -0.05) is 0 Å². The molecule has 2 atom stereocenters. The van der Waals surface area contributed by atoms with Crippen LogP contribution in [0.2, 0.25) is 0 Å². The van der Waals surface area contributed by atoms with Crippen molar-refractivity contribution in [2.24, 2.45) is 0 Å². The summed E-state index contributed by atoms with van der Waals surface area (Å²) in [7, 11) is -2.90. The molecular formula is C9H16N2O3S. The summed E-state index contributed by atoms with van der Waals surface area (Å²) in [6.07, 6.45) is 0.619. The third kappa shape index (κ3) is 1.82. The average Bonchev–Trinajstić information content (AvgIpc) is 2.56. The molecule has 2 unspecified atom stereocenters. The molecule has 2 rings (SSSR count). The zero-order valence-corrected chi connectivity index (χ0v) is 9.75. The number of rotatable bonds is 1. The first-order valence-electron chi connectivity index (χ1n) is 5.19. The van der Waals surface area contributed by atoms with Gasteiger partial charge in [0.2, 0.25) is 0 Å². The number of nitrogens with one attached hydrogen (secondary N) is 1. The minimum absolute atomic E-state index is 0.0910. The molecule has 2 bridgehead atoms. The fraction of sp³-hybridized carbons (Fsp3) is 0.889. The molecule has 86 valence electrons. The van der Waals surface area contributed by atoms with Crippen LogP contribution in [0.1, 0.15) is 20.3 Å². The summed E-state index contributed by atoms with van der Waals surface area (Å²) < 4.78 is 22.9. The van der Waals surface area contributed by atoms with Crippen LogP contribution < -0.4 is 5.32 Å². The highest BCUT2D eigenvalue weighted by molar-refractivity contribution is 7.92. The van der Waals surface area contributed by atoms with Gasteiger partial charge in [-0.3, -0.25) is 0 Å². The fourth-order valence-electron chi connectivity index (χ4n) is 2.27. The van der Waals surface area contributed by atoms with E-state index in [0.29, 0.717) is 13.0 Å². The Bertz CT molecular complexity index is 377. The van der Waals surface area contributed by atoms with Crippen LogP contribution in [0, 0.1) is 0 Å². The number of amides is 2. The fourth-order valence-corrected chi connectivity index (χ4v) is 4.30. The van der Waals surface area contributed by atoms with Crippen molar-refractivity contribution in [2.75, 3.05) is 12.3 Å². The van der Waals surface area contributed by atoms with Crippen molar-refractivity contribution in [1.29, 1.82) is 0 Å². The van der Waals surface area contributed by atoms with Gasteiger partial charge in [-0.05, 0) is 20.3 Å². The van der Waals surface area contributed by atoms with Crippen LogP contribution in [0.4, 0.5) is 4.79 Å². The molecule has 0 radical (unpaired) electrons. The van der Waals surface area contributed by atoms with Crippen LogP contribution in [-0.4, -0.2) is 49.0 Å². The molecule has 2 aliphatic rings. The summed E-state index contributed by atoms with van der Waals surface area (Å²) in [6, 6.07) is -0.139. The van der Waals surface area contributed by atoms with E-state index in [-0.39, 0.29) is 29.1 Å². The van der Waals surface area contributed by atoms with Crippen LogP contribution in [0.25, 0.3) is 0 Å². The Labute approximate surface area is 89.7 Å². The zero-order chi connectivity index (χ0) is 11.2. The highest BCUT2D eigenvalue weighted by Crippen LogP contribution is 2.32. The number of sulfone groups is 1. The molecule has 2 saturated heterocycles. The minimum Gasteiger partial charge on any atom is -0.336 e. The van der Waals surface area contributed by atoms with E-state index in [1.807, 2.05) is 13.8 Å². The van der Waals surface area contributed by atoms with Gasteiger partial charge in [-0.25, -0.2) is 13.2 Å². The van der Waals surface area contributed by atoms with Crippen LogP contribution in [-0.2, 0) is 9.84 Å². The van der Waals surface area contributed by atoms with Gasteiger partial charge in [0.25, 0.3) is 0 Å². The van der Waals surface area contributed by atoms with Crippen LogP contribution in [0.5, 0.6) is 0 Å². The van der Waals surface area contributed by atoms with E-state index >= 15 is 0 Å². The van der Waals surface area contributed by atoms with E-state index in [1.165, 1.54) is 0 Å². The van der Waals surface area contributed by atoms with Crippen LogP contribution in [0.15, 0.2) is 0 Å². The molecule has 2 fully saturated rings. The summed E-state index contributed by atoms with van der Waals surface area (Å²) in [5, 5.41) is 2.47. The van der Waals surface area contributed by atoms with E-state index in [2.05, 4.69) is 5.32 Å². The maximum Gasteiger partial charge on any atom is 0.317 e. The molecule has 0 aromatic heterocycles. The molecule has 2 amide bonds. The predicted octanol–water partition coefficient (Wildman–Crippen LogP) is -0.0243. The smallest absolute Gasteiger partial charge is 0.317 e. The molecule has 2 heterocycles. The standard InChI is InChI=1S/C9H16N2O3S/c1-6(2)10-9(12)11-4-8-3-7(11)5-15(8,13)14/h6-8H,3-5H2,1-2H3,(H,10,12). The maximum atomic E-state index is 11.7. The Hall–Kier alpha value is -0.780. The number of urea groups is 1. The quantitative estimate of drug-likeness (QED) is 0.690. The molecule has 5 nitrogen and oxygen atoms in total. The monoisotopic (exact) mass is 232 g/mol. The SMILES string of the molecule is CC(C)NC(=O)N1CC2CC1CS2(=O)=O. The van der Waals surface area contributed by atoms with Gasteiger partial charge in [0, 0.05) is 18.6 Å². The Morgan fingerprint density at radius 1 is 1.47 bits per heavy atom. The lowest BCUT2D eigenvalue weighted by Gasteiger charge is -2.27. The average molecular weight is 232 g/mol. The van der Waals surface area contributed by atoms with Gasteiger partial charge in [0.15, 0.2) is 9.84 Å². The number of likely N-dealkylation sites (tertiary alicyclic amines) is 1. The summed E-state index contributed by atoms with van der Waals surface area (Å²) in [4.78, 5) is 13.3. The highest BCUT2D eigenvalue weighted by Gasteiger charge is 2.49. The van der Waals surface area contributed by atoms with E-state index in [9.17, 15) is 13.2 Å². The lowest BCUT2D eigenvalue weighted by molar-refractivity contribution is 0.193. The molecule has 6 heteroatoms. The third-order valence-electron chi connectivity index (χ3n) is 2.98. The van der Waals surface area contributed by atoms with Gasteiger partial charge in [-0.2, -0.15) is 0 Å². The largest absolute Gasteiger partial charge is 0.336 e. The van der Waals surface area contributed by atoms with Gasteiger partial charge in [-0.15, -0.1) is 0 Å². The number of fused-ring (bicyclic) bond motifs is 2. The van der Waals surface area contributed by atoms with Crippen LogP contribution in [0.3, 0.4) is 0 Å². The molecule has 2 aliphatic heterocycles. The molecule has 1 N–H and O–H groups in total. The number of nitrogens with zero attached hydrogens (tertiary/aromatic N) is 1. The third-order valence-corrected chi connectivity index (χ3v) is 5.19. The first kappa shape index (κ1) is 10.7. The van der Waals surface area contributed by atoms with Crippen molar-refractivity contribution in [2.45, 2.75) is 37.6 Å². The first-order chi connectivity index (χ1) is 6.90. The number of hydrogen-bond acceptors (Lipinski definition) is 3. The lowest BCUT2D eigenvalue weighted by Crippen LogP contribution is -2.50. The number of carbonyl (C=O) groups excluding carboxylic acids is 1.